The molecule has 1 aliphatic heterocycles. The number of nitrogens with one attached hydrogen (secondary N) is 1. The SMILES string of the molecule is CCc1[nH]nc2ncnc(N3CCN(c4cccc(Cl)c4)C(C(=O)OC)C3)c12.O=C(O)C(F)(F)F. The predicted molar refractivity (Wildman–Crippen MR) is 122 cm³/mol. The minimum absolute atomic E-state index is 0.294. The lowest BCUT2D eigenvalue weighted by Crippen LogP contribution is -2.57. The summed E-state index contributed by atoms with van der Waals surface area (Å²) in [6, 6.07) is 7.04. The van der Waals surface area contributed by atoms with Crippen molar-refractivity contribution in [1.29, 1.82) is 0 Å². The number of H-pyrrole nitrogens is 1. The molecule has 2 N–H and O–H groups in total. The number of carboxylic acid groups (broad SMARTS) is 1. The number of ether oxygens (including phenoxy) is 1. The first-order chi connectivity index (χ1) is 16.6. The molecule has 1 saturated heterocycles. The number of aromatic nitrogens is 4. The van der Waals surface area contributed by atoms with Crippen LogP contribution in [0.3, 0.4) is 0 Å². The molecule has 188 valence electrons. The van der Waals surface area contributed by atoms with Crippen LogP contribution in [0.25, 0.3) is 11.0 Å². The lowest BCUT2D eigenvalue weighted by molar-refractivity contribution is -0.192. The Morgan fingerprint density at radius 3 is 2.60 bits per heavy atom. The first kappa shape index (κ1) is 26.0. The molecule has 0 aliphatic carbocycles. The number of fused-ring (bicyclic) bond motifs is 1. The van der Waals surface area contributed by atoms with E-state index in [9.17, 15) is 18.0 Å². The molecule has 0 amide bonds. The fraction of sp³-hybridized carbons (Fsp3) is 0.381. The molecular weight excluding hydrogens is 493 g/mol. The van der Waals surface area contributed by atoms with Crippen LogP contribution < -0.4 is 9.80 Å². The van der Waals surface area contributed by atoms with Crippen molar-refractivity contribution in [1.82, 2.24) is 20.2 Å². The van der Waals surface area contributed by atoms with Crippen molar-refractivity contribution < 1.29 is 32.6 Å². The summed E-state index contributed by atoms with van der Waals surface area (Å²) in [4.78, 5) is 34.4. The van der Waals surface area contributed by atoms with Gasteiger partial charge in [-0.2, -0.15) is 18.3 Å². The fourth-order valence-electron chi connectivity index (χ4n) is 3.67. The van der Waals surface area contributed by atoms with E-state index in [2.05, 4.69) is 32.0 Å². The van der Waals surface area contributed by atoms with Crippen molar-refractivity contribution >= 4 is 46.1 Å². The average molecular weight is 515 g/mol. The number of aromatic amines is 1. The van der Waals surface area contributed by atoms with Crippen molar-refractivity contribution in [3.8, 4) is 0 Å². The van der Waals surface area contributed by atoms with Crippen LogP contribution in [0.15, 0.2) is 30.6 Å². The standard InChI is InChI=1S/C19H21ClN6O2.C2HF3O2/c1-3-14-16-17(24-23-14)21-11-22-18(16)25-7-8-26(15(10-25)19(27)28-2)13-6-4-5-12(20)9-13;3-2(4,5)1(6)7/h4-6,9,11,15H,3,7-8,10H2,1-2H3,(H,21,22,23,24);(H,6,7). The Kier molecular flexibility index (Phi) is 7.99. The first-order valence-corrected chi connectivity index (χ1v) is 10.8. The molecule has 10 nitrogen and oxygen atoms in total. The van der Waals surface area contributed by atoms with Gasteiger partial charge in [-0.05, 0) is 24.6 Å². The quantitative estimate of drug-likeness (QED) is 0.505. The number of halogens is 4. The lowest BCUT2D eigenvalue weighted by atomic mass is 10.1. The van der Waals surface area contributed by atoms with Gasteiger partial charge in [0, 0.05) is 29.5 Å². The van der Waals surface area contributed by atoms with Gasteiger partial charge in [0.25, 0.3) is 0 Å². The number of methoxy groups -OCH3 is 1. The van der Waals surface area contributed by atoms with E-state index in [1.807, 2.05) is 29.2 Å². The van der Waals surface area contributed by atoms with Crippen molar-refractivity contribution in [2.75, 3.05) is 36.5 Å². The first-order valence-electron chi connectivity index (χ1n) is 10.4. The van der Waals surface area contributed by atoms with E-state index < -0.39 is 18.2 Å². The van der Waals surface area contributed by atoms with E-state index in [-0.39, 0.29) is 5.97 Å². The summed E-state index contributed by atoms with van der Waals surface area (Å²) in [5.74, 6) is -2.26. The molecule has 0 radical (unpaired) electrons. The van der Waals surface area contributed by atoms with E-state index in [0.29, 0.717) is 30.3 Å². The summed E-state index contributed by atoms with van der Waals surface area (Å²) in [7, 11) is 1.41. The van der Waals surface area contributed by atoms with Crippen LogP contribution in [0.2, 0.25) is 5.02 Å². The van der Waals surface area contributed by atoms with Crippen molar-refractivity contribution in [3.63, 3.8) is 0 Å². The largest absolute Gasteiger partial charge is 0.490 e. The number of carbonyl (C=O) groups is 2. The number of carbonyl (C=O) groups excluding carboxylic acids is 1. The fourth-order valence-corrected chi connectivity index (χ4v) is 3.86. The van der Waals surface area contributed by atoms with Gasteiger partial charge in [-0.25, -0.2) is 19.6 Å². The van der Waals surface area contributed by atoms with Gasteiger partial charge in [0.05, 0.1) is 19.0 Å². The molecule has 0 saturated carbocycles. The molecule has 1 fully saturated rings. The molecule has 1 aliphatic rings. The summed E-state index contributed by atoms with van der Waals surface area (Å²) >= 11 is 6.16. The third-order valence-corrected chi connectivity index (χ3v) is 5.53. The third kappa shape index (κ3) is 5.91. The Balaban J connectivity index is 0.000000429. The highest BCUT2D eigenvalue weighted by molar-refractivity contribution is 6.30. The maximum absolute atomic E-state index is 12.6. The third-order valence-electron chi connectivity index (χ3n) is 5.29. The van der Waals surface area contributed by atoms with Gasteiger partial charge in [-0.3, -0.25) is 5.10 Å². The van der Waals surface area contributed by atoms with Crippen LogP contribution >= 0.6 is 11.6 Å². The highest BCUT2D eigenvalue weighted by Gasteiger charge is 2.38. The summed E-state index contributed by atoms with van der Waals surface area (Å²) in [6.45, 7) is 3.82. The van der Waals surface area contributed by atoms with Crippen molar-refractivity contribution in [2.45, 2.75) is 25.6 Å². The van der Waals surface area contributed by atoms with Gasteiger partial charge in [-0.1, -0.05) is 24.6 Å². The summed E-state index contributed by atoms with van der Waals surface area (Å²) in [5, 5.41) is 16.0. The second-order valence-electron chi connectivity index (χ2n) is 7.41. The van der Waals surface area contributed by atoms with Gasteiger partial charge in [0.1, 0.15) is 18.2 Å². The number of anilines is 2. The summed E-state index contributed by atoms with van der Waals surface area (Å²) in [5.41, 5.74) is 2.51. The number of piperazine rings is 1. The van der Waals surface area contributed by atoms with Gasteiger partial charge in [-0.15, -0.1) is 0 Å². The number of carboxylic acids is 1. The van der Waals surface area contributed by atoms with Gasteiger partial charge >= 0.3 is 18.1 Å². The molecule has 0 spiro atoms. The number of aryl methyl sites for hydroxylation is 1. The van der Waals surface area contributed by atoms with Crippen LogP contribution in [0.1, 0.15) is 12.6 Å². The second-order valence-corrected chi connectivity index (χ2v) is 7.85. The smallest absolute Gasteiger partial charge is 0.475 e. The topological polar surface area (TPSA) is 125 Å². The molecule has 35 heavy (non-hydrogen) atoms. The lowest BCUT2D eigenvalue weighted by Gasteiger charge is -2.41. The molecule has 14 heteroatoms. The van der Waals surface area contributed by atoms with Crippen LogP contribution in [0.5, 0.6) is 0 Å². The zero-order valence-electron chi connectivity index (χ0n) is 18.7. The molecule has 1 aromatic carbocycles. The molecule has 2 aromatic heterocycles. The van der Waals surface area contributed by atoms with Gasteiger partial charge < -0.3 is 19.6 Å². The molecule has 3 heterocycles. The highest BCUT2D eigenvalue weighted by Crippen LogP contribution is 2.30. The minimum Gasteiger partial charge on any atom is -0.475 e. The van der Waals surface area contributed by atoms with Crippen LogP contribution in [0, 0.1) is 0 Å². The Bertz CT molecular complexity index is 1210. The number of hydrogen-bond acceptors (Lipinski definition) is 8. The number of benzene rings is 1. The van der Waals surface area contributed by atoms with Crippen LogP contribution in [0.4, 0.5) is 24.7 Å². The Hall–Kier alpha value is -3.61. The second kappa shape index (κ2) is 10.8. The number of rotatable bonds is 4. The van der Waals surface area contributed by atoms with Crippen molar-refractivity contribution in [2.24, 2.45) is 0 Å². The van der Waals surface area contributed by atoms with E-state index in [1.165, 1.54) is 13.4 Å². The average Bonchev–Trinajstić information content (AvgIpc) is 3.26. The molecule has 0 bridgehead atoms. The zero-order valence-corrected chi connectivity index (χ0v) is 19.5. The van der Waals surface area contributed by atoms with E-state index in [4.69, 9.17) is 26.2 Å². The van der Waals surface area contributed by atoms with Gasteiger partial charge in [0.2, 0.25) is 0 Å². The predicted octanol–water partition coefficient (Wildman–Crippen LogP) is 3.07. The Labute approximate surface area is 202 Å². The molecule has 1 atom stereocenters. The number of aliphatic carboxylic acids is 1. The van der Waals surface area contributed by atoms with Gasteiger partial charge in [0.15, 0.2) is 5.65 Å². The number of esters is 1. The number of alkyl halides is 3. The normalized spacial score (nSPS) is 16.0. The Morgan fingerprint density at radius 2 is 2.00 bits per heavy atom. The van der Waals surface area contributed by atoms with Crippen LogP contribution in [-0.2, 0) is 20.7 Å². The molecule has 1 unspecified atom stereocenters. The monoisotopic (exact) mass is 514 g/mol. The summed E-state index contributed by atoms with van der Waals surface area (Å²) in [6.07, 6.45) is -2.78. The highest BCUT2D eigenvalue weighted by atomic mass is 35.5. The maximum atomic E-state index is 12.6. The molecule has 4 rings (SSSR count). The molecular formula is C21H22ClF3N6O4. The van der Waals surface area contributed by atoms with Crippen LogP contribution in [-0.4, -0.2) is 76.2 Å². The maximum Gasteiger partial charge on any atom is 0.490 e. The number of nitrogens with zero attached hydrogens (tertiary/aromatic N) is 5. The number of hydrogen-bond donors (Lipinski definition) is 2. The van der Waals surface area contributed by atoms with E-state index in [0.717, 1.165) is 29.0 Å². The molecule has 3 aromatic rings. The van der Waals surface area contributed by atoms with E-state index in [1.54, 1.807) is 0 Å². The minimum atomic E-state index is -5.08. The zero-order chi connectivity index (χ0) is 25.8. The van der Waals surface area contributed by atoms with E-state index >= 15 is 0 Å². The summed E-state index contributed by atoms with van der Waals surface area (Å²) < 4.78 is 36.8. The Morgan fingerprint density at radius 1 is 1.29 bits per heavy atom. The van der Waals surface area contributed by atoms with Crippen molar-refractivity contribution in [3.05, 3.63) is 41.3 Å².